The van der Waals surface area contributed by atoms with Gasteiger partial charge in [-0.3, -0.25) is 10.1 Å². The molecule has 1 fully saturated rings. The Balaban J connectivity index is 1.46. The maximum absolute atomic E-state index is 13.9. The van der Waals surface area contributed by atoms with Crippen LogP contribution < -0.4 is 16.0 Å². The number of para-hydroxylation sites is 1. The Kier molecular flexibility index (Phi) is 8.08. The number of benzene rings is 2. The van der Waals surface area contributed by atoms with Gasteiger partial charge in [-0.2, -0.15) is 5.10 Å². The van der Waals surface area contributed by atoms with Crippen LogP contribution in [0.15, 0.2) is 65.4 Å². The van der Waals surface area contributed by atoms with Crippen LogP contribution in [0, 0.1) is 19.8 Å². The third-order valence-electron chi connectivity index (χ3n) is 7.70. The van der Waals surface area contributed by atoms with Crippen molar-refractivity contribution in [3.8, 4) is 5.69 Å². The Morgan fingerprint density at radius 1 is 1.02 bits per heavy atom. The molecule has 41 heavy (non-hydrogen) atoms. The minimum absolute atomic E-state index is 0.0439. The Morgan fingerprint density at radius 3 is 2.39 bits per heavy atom. The molecule has 1 aliphatic heterocycles. The molecule has 1 saturated heterocycles. The number of hydrogen-bond donors (Lipinski definition) is 3. The molecule has 0 radical (unpaired) electrons. The largest absolute Gasteiger partial charge is 0.364 e. The number of aryl methyl sites for hydroxylation is 2. The van der Waals surface area contributed by atoms with Crippen LogP contribution >= 0.6 is 0 Å². The van der Waals surface area contributed by atoms with Gasteiger partial charge in [0.2, 0.25) is 0 Å². The second kappa shape index (κ2) is 11.7. The van der Waals surface area contributed by atoms with Gasteiger partial charge in [0.25, 0.3) is 0 Å². The number of piperidine rings is 1. The van der Waals surface area contributed by atoms with Gasteiger partial charge in [-0.25, -0.2) is 9.48 Å². The van der Waals surface area contributed by atoms with E-state index in [-0.39, 0.29) is 17.1 Å². The number of carbonyl (C=O) groups excluding carboxylic acids is 2. The Labute approximate surface area is 240 Å². The summed E-state index contributed by atoms with van der Waals surface area (Å²) < 4.78 is 6.86. The molecule has 5 rings (SSSR count). The van der Waals surface area contributed by atoms with Crippen molar-refractivity contribution in [1.29, 1.82) is 0 Å². The van der Waals surface area contributed by atoms with Crippen molar-refractivity contribution in [2.75, 3.05) is 23.7 Å². The molecule has 1 atom stereocenters. The van der Waals surface area contributed by atoms with E-state index in [2.05, 4.69) is 41.9 Å². The number of nitrogens with one attached hydrogen (secondary N) is 3. The molecular weight excluding hydrogens is 516 g/mol. The van der Waals surface area contributed by atoms with E-state index in [1.807, 2.05) is 61.5 Å². The van der Waals surface area contributed by atoms with Crippen molar-refractivity contribution in [2.24, 2.45) is 5.92 Å². The number of aromatic nitrogens is 3. The summed E-state index contributed by atoms with van der Waals surface area (Å²) in [6.45, 7) is 11.7. The Morgan fingerprint density at radius 2 is 1.73 bits per heavy atom. The van der Waals surface area contributed by atoms with E-state index >= 15 is 0 Å². The Bertz CT molecular complexity index is 1520. The van der Waals surface area contributed by atoms with Gasteiger partial charge >= 0.3 is 6.03 Å². The fourth-order valence-corrected chi connectivity index (χ4v) is 5.35. The van der Waals surface area contributed by atoms with Crippen LogP contribution in [0.3, 0.4) is 0 Å². The fraction of sp³-hybridized carbons (Fsp3) is 0.375. The summed E-state index contributed by atoms with van der Waals surface area (Å²) in [5.41, 5.74) is 5.05. The van der Waals surface area contributed by atoms with Gasteiger partial charge in [-0.1, -0.05) is 61.8 Å². The molecule has 3 heterocycles. The molecule has 0 bridgehead atoms. The molecule has 9 heteroatoms. The van der Waals surface area contributed by atoms with Gasteiger partial charge in [0.1, 0.15) is 12.1 Å². The highest BCUT2D eigenvalue weighted by Gasteiger charge is 2.35. The molecule has 1 unspecified atom stereocenters. The normalized spacial score (nSPS) is 15.0. The molecule has 2 aromatic carbocycles. The van der Waals surface area contributed by atoms with Crippen LogP contribution in [0.1, 0.15) is 72.4 Å². The van der Waals surface area contributed by atoms with E-state index in [1.54, 1.807) is 11.6 Å². The summed E-state index contributed by atoms with van der Waals surface area (Å²) in [6.07, 6.45) is 3.13. The number of amides is 2. The predicted molar refractivity (Wildman–Crippen MR) is 160 cm³/mol. The van der Waals surface area contributed by atoms with Crippen LogP contribution in [-0.4, -0.2) is 39.8 Å². The molecule has 2 amide bonds. The summed E-state index contributed by atoms with van der Waals surface area (Å²) in [4.78, 5) is 27.4. The van der Waals surface area contributed by atoms with Gasteiger partial charge in [0, 0.05) is 17.2 Å². The predicted octanol–water partition coefficient (Wildman–Crippen LogP) is 6.38. The van der Waals surface area contributed by atoms with Gasteiger partial charge in [-0.15, -0.1) is 0 Å². The summed E-state index contributed by atoms with van der Waals surface area (Å²) in [5, 5.41) is 18.2. The lowest BCUT2D eigenvalue weighted by Crippen LogP contribution is -2.34. The number of nitrogens with zero attached hydrogens (tertiary/aromatic N) is 3. The van der Waals surface area contributed by atoms with Crippen molar-refractivity contribution < 1.29 is 14.1 Å². The summed E-state index contributed by atoms with van der Waals surface area (Å²) in [6, 6.07) is 17.0. The molecule has 0 spiro atoms. The standard InChI is InChI=1S/C32H38N6O3/c1-20-10-12-23(13-11-20)38-28(18-27(36-38)32(3,4)5)35-31(40)34-26-9-7-6-8-24(26)29(22-14-16-33-17-15-22)30(39)25-19-41-37-21(25)2/h6-13,18-19,22,29,33H,14-17H2,1-5H3,(H2,34,35,40). The maximum Gasteiger partial charge on any atom is 0.324 e. The smallest absolute Gasteiger partial charge is 0.324 e. The molecule has 1 aliphatic rings. The number of anilines is 2. The molecular formula is C32H38N6O3. The summed E-state index contributed by atoms with van der Waals surface area (Å²) in [7, 11) is 0. The van der Waals surface area contributed by atoms with Crippen molar-refractivity contribution in [1.82, 2.24) is 20.3 Å². The first-order valence-corrected chi connectivity index (χ1v) is 14.1. The zero-order valence-corrected chi connectivity index (χ0v) is 24.3. The van der Waals surface area contributed by atoms with E-state index in [9.17, 15) is 9.59 Å². The highest BCUT2D eigenvalue weighted by Crippen LogP contribution is 2.38. The van der Waals surface area contributed by atoms with Crippen molar-refractivity contribution >= 4 is 23.3 Å². The maximum atomic E-state index is 13.9. The number of carbonyl (C=O) groups is 2. The van der Waals surface area contributed by atoms with E-state index in [4.69, 9.17) is 9.62 Å². The second-order valence-electron chi connectivity index (χ2n) is 11.8. The van der Waals surface area contributed by atoms with Gasteiger partial charge < -0.3 is 15.2 Å². The van der Waals surface area contributed by atoms with Crippen LogP contribution in [0.25, 0.3) is 5.69 Å². The zero-order chi connectivity index (χ0) is 29.1. The van der Waals surface area contributed by atoms with E-state index < -0.39 is 11.9 Å². The number of urea groups is 1. The first-order valence-electron chi connectivity index (χ1n) is 14.1. The minimum atomic E-state index is -0.447. The minimum Gasteiger partial charge on any atom is -0.364 e. The first kappa shape index (κ1) is 28.3. The lowest BCUT2D eigenvalue weighted by Gasteiger charge is -2.31. The zero-order valence-electron chi connectivity index (χ0n) is 24.3. The average Bonchev–Trinajstić information content (AvgIpc) is 3.57. The van der Waals surface area contributed by atoms with Crippen molar-refractivity contribution in [3.63, 3.8) is 0 Å². The number of rotatable bonds is 7. The lowest BCUT2D eigenvalue weighted by molar-refractivity contribution is 0.0915. The topological polar surface area (TPSA) is 114 Å². The third kappa shape index (κ3) is 6.25. The lowest BCUT2D eigenvalue weighted by atomic mass is 9.76. The molecule has 0 aliphatic carbocycles. The van der Waals surface area contributed by atoms with E-state index in [1.165, 1.54) is 6.26 Å². The first-order chi connectivity index (χ1) is 19.6. The van der Waals surface area contributed by atoms with Gasteiger partial charge in [-0.05, 0) is 69.5 Å². The molecule has 2 aromatic heterocycles. The Hall–Kier alpha value is -4.24. The van der Waals surface area contributed by atoms with E-state index in [0.29, 0.717) is 22.8 Å². The SMILES string of the molecule is Cc1ccc(-n2nc(C(C)(C)C)cc2NC(=O)Nc2ccccc2C(C(=O)c2conc2C)C2CCNCC2)cc1. The number of hydrogen-bond acceptors (Lipinski definition) is 6. The monoisotopic (exact) mass is 554 g/mol. The van der Waals surface area contributed by atoms with Gasteiger partial charge in [0.15, 0.2) is 5.78 Å². The molecule has 0 saturated carbocycles. The second-order valence-corrected chi connectivity index (χ2v) is 11.8. The number of Topliss-reactive ketones (excluding diaryl/α,β-unsaturated/α-hetero) is 1. The summed E-state index contributed by atoms with van der Waals surface area (Å²) in [5.74, 6) is 0.177. The summed E-state index contributed by atoms with van der Waals surface area (Å²) >= 11 is 0. The van der Waals surface area contributed by atoms with Crippen LogP contribution in [0.4, 0.5) is 16.3 Å². The fourth-order valence-electron chi connectivity index (χ4n) is 5.35. The number of ketones is 1. The average molecular weight is 555 g/mol. The van der Waals surface area contributed by atoms with Gasteiger partial charge in [0.05, 0.1) is 28.6 Å². The highest BCUT2D eigenvalue weighted by molar-refractivity contribution is 6.04. The third-order valence-corrected chi connectivity index (χ3v) is 7.70. The molecule has 3 N–H and O–H groups in total. The van der Waals surface area contributed by atoms with Crippen LogP contribution in [0.5, 0.6) is 0 Å². The highest BCUT2D eigenvalue weighted by atomic mass is 16.5. The van der Waals surface area contributed by atoms with Crippen LogP contribution in [-0.2, 0) is 5.41 Å². The molecule has 214 valence electrons. The van der Waals surface area contributed by atoms with E-state index in [0.717, 1.165) is 48.4 Å². The van der Waals surface area contributed by atoms with Crippen molar-refractivity contribution in [3.05, 3.63) is 88.9 Å². The molecule has 4 aromatic rings. The van der Waals surface area contributed by atoms with Crippen LogP contribution in [0.2, 0.25) is 0 Å². The van der Waals surface area contributed by atoms with Crippen molar-refractivity contribution in [2.45, 2.75) is 58.8 Å². The quantitative estimate of drug-likeness (QED) is 0.228. The molecule has 9 nitrogen and oxygen atoms in total.